The zero-order chi connectivity index (χ0) is 31.6. The fraction of sp³-hybridized carbons (Fsp3) is 0.297. The lowest BCUT2D eigenvalue weighted by Crippen LogP contribution is -2.46. The second-order valence-corrected chi connectivity index (χ2v) is 13.0. The van der Waals surface area contributed by atoms with E-state index in [1.54, 1.807) is 20.8 Å². The number of fused-ring (bicyclic) bond motifs is 3. The van der Waals surface area contributed by atoms with Crippen LogP contribution in [0.25, 0.3) is 44.2 Å². The highest BCUT2D eigenvalue weighted by molar-refractivity contribution is 6.09. The number of carbonyl (C=O) groups excluding carboxylic acids is 1. The van der Waals surface area contributed by atoms with E-state index in [9.17, 15) is 14.7 Å². The highest BCUT2D eigenvalue weighted by Gasteiger charge is 2.25. The molecule has 5 rings (SSSR count). The molecule has 5 aromatic rings. The van der Waals surface area contributed by atoms with Crippen LogP contribution >= 0.6 is 0 Å². The number of alkyl carbamates (subject to hydrolysis) is 1. The predicted octanol–water partition coefficient (Wildman–Crippen LogP) is 8.71. The number of para-hydroxylation sites is 2. The molecule has 0 radical (unpaired) electrons. The molecule has 228 valence electrons. The Balaban J connectivity index is 1.34. The Morgan fingerprint density at radius 2 is 1.50 bits per heavy atom. The molecule has 2 N–H and O–H groups in total. The van der Waals surface area contributed by atoms with Gasteiger partial charge in [0, 0.05) is 16.3 Å². The van der Waals surface area contributed by atoms with E-state index in [1.807, 2.05) is 42.5 Å². The maximum Gasteiger partial charge on any atom is 0.408 e. The first-order valence-electron chi connectivity index (χ1n) is 14.7. The molecule has 1 atom stereocenters. The minimum atomic E-state index is -1.22. The van der Waals surface area contributed by atoms with Crippen molar-refractivity contribution in [3.05, 3.63) is 96.1 Å². The molecular formula is C37H39NO6. The van der Waals surface area contributed by atoms with Gasteiger partial charge in [0.1, 0.15) is 16.8 Å². The molecule has 0 bridgehead atoms. The number of amides is 1. The highest BCUT2D eigenvalue weighted by atomic mass is 16.6. The zero-order valence-corrected chi connectivity index (χ0v) is 26.1. The third-order valence-electron chi connectivity index (χ3n) is 7.35. The topological polar surface area (TPSA) is 98.0 Å². The summed E-state index contributed by atoms with van der Waals surface area (Å²) in [7, 11) is 0. The molecule has 0 saturated carbocycles. The molecule has 0 saturated heterocycles. The fourth-order valence-electron chi connectivity index (χ4n) is 5.25. The van der Waals surface area contributed by atoms with Gasteiger partial charge in [-0.05, 0) is 60.1 Å². The standard InChI is InChI=1S/C37H39NO6/c1-36(2,3)30-20-25(18-19-26(30)28-11-9-12-29-27-10-7-8-13-32(27)43-33(28)29)24-16-14-23(15-17-24)21-42-22-31(34(39)40)38-35(41)44-37(4,5)6/h7-20,31H,21-22H2,1-6H3,(H,38,41)(H,39,40). The molecule has 0 aliphatic heterocycles. The van der Waals surface area contributed by atoms with Crippen molar-refractivity contribution < 1.29 is 28.6 Å². The Hall–Kier alpha value is -4.62. The molecule has 0 aliphatic carbocycles. The van der Waals surface area contributed by atoms with Crippen molar-refractivity contribution in [1.82, 2.24) is 5.32 Å². The Kier molecular flexibility index (Phi) is 8.53. The lowest BCUT2D eigenvalue weighted by molar-refractivity contribution is -0.141. The number of nitrogens with one attached hydrogen (secondary N) is 1. The van der Waals surface area contributed by atoms with Crippen molar-refractivity contribution in [3.63, 3.8) is 0 Å². The summed E-state index contributed by atoms with van der Waals surface area (Å²) in [5.74, 6) is -1.19. The molecule has 0 aliphatic rings. The molecule has 1 heterocycles. The van der Waals surface area contributed by atoms with Crippen molar-refractivity contribution in [2.24, 2.45) is 0 Å². The van der Waals surface area contributed by atoms with Gasteiger partial charge in [0.15, 0.2) is 6.04 Å². The summed E-state index contributed by atoms with van der Waals surface area (Å²) in [4.78, 5) is 23.6. The second kappa shape index (κ2) is 12.2. The number of carbonyl (C=O) groups is 2. The SMILES string of the molecule is CC(C)(C)OC(=O)NC(COCc1ccc(-c2ccc(-c3cccc4c3oc3ccccc34)c(C(C)(C)C)c2)cc1)C(=O)O. The van der Waals surface area contributed by atoms with Crippen LogP contribution in [0.4, 0.5) is 4.79 Å². The van der Waals surface area contributed by atoms with E-state index in [-0.39, 0.29) is 18.6 Å². The van der Waals surface area contributed by atoms with Gasteiger partial charge in [-0.25, -0.2) is 9.59 Å². The van der Waals surface area contributed by atoms with E-state index in [0.29, 0.717) is 0 Å². The number of ether oxygens (including phenoxy) is 2. The van der Waals surface area contributed by atoms with Crippen LogP contribution in [-0.4, -0.2) is 35.4 Å². The van der Waals surface area contributed by atoms with Gasteiger partial charge in [0.05, 0.1) is 13.2 Å². The Bertz CT molecular complexity index is 1800. The van der Waals surface area contributed by atoms with Crippen molar-refractivity contribution >= 4 is 34.0 Å². The largest absolute Gasteiger partial charge is 0.480 e. The average Bonchev–Trinajstić information content (AvgIpc) is 3.34. The smallest absolute Gasteiger partial charge is 0.408 e. The van der Waals surface area contributed by atoms with Crippen LogP contribution < -0.4 is 5.32 Å². The Labute approximate surface area is 257 Å². The van der Waals surface area contributed by atoms with Crippen LogP contribution in [0.15, 0.2) is 89.3 Å². The van der Waals surface area contributed by atoms with Crippen molar-refractivity contribution in [3.8, 4) is 22.3 Å². The molecular weight excluding hydrogens is 554 g/mol. The van der Waals surface area contributed by atoms with Gasteiger partial charge >= 0.3 is 12.1 Å². The third kappa shape index (κ3) is 6.95. The van der Waals surface area contributed by atoms with Gasteiger partial charge in [0.2, 0.25) is 0 Å². The first-order chi connectivity index (χ1) is 20.8. The molecule has 7 nitrogen and oxygen atoms in total. The molecule has 1 unspecified atom stereocenters. The number of aliphatic carboxylic acids is 1. The van der Waals surface area contributed by atoms with E-state index < -0.39 is 23.7 Å². The van der Waals surface area contributed by atoms with Crippen LogP contribution in [0.2, 0.25) is 0 Å². The maximum atomic E-state index is 12.0. The van der Waals surface area contributed by atoms with Crippen molar-refractivity contribution in [2.75, 3.05) is 6.61 Å². The number of benzene rings is 4. The first-order valence-corrected chi connectivity index (χ1v) is 14.7. The van der Waals surface area contributed by atoms with Crippen LogP contribution in [0.1, 0.15) is 52.7 Å². The Morgan fingerprint density at radius 3 is 2.18 bits per heavy atom. The quantitative estimate of drug-likeness (QED) is 0.187. The number of furan rings is 1. The summed E-state index contributed by atoms with van der Waals surface area (Å²) < 4.78 is 17.2. The minimum absolute atomic E-state index is 0.124. The molecule has 4 aromatic carbocycles. The van der Waals surface area contributed by atoms with Crippen LogP contribution in [0.3, 0.4) is 0 Å². The lowest BCUT2D eigenvalue weighted by atomic mass is 9.80. The van der Waals surface area contributed by atoms with E-state index in [2.05, 4.69) is 68.6 Å². The molecule has 1 aromatic heterocycles. The second-order valence-electron chi connectivity index (χ2n) is 13.0. The normalized spacial score (nSPS) is 12.8. The maximum absolute atomic E-state index is 12.0. The monoisotopic (exact) mass is 593 g/mol. The molecule has 44 heavy (non-hydrogen) atoms. The van der Waals surface area contributed by atoms with Gasteiger partial charge in [-0.2, -0.15) is 0 Å². The van der Waals surface area contributed by atoms with E-state index >= 15 is 0 Å². The van der Waals surface area contributed by atoms with E-state index in [0.717, 1.165) is 49.8 Å². The van der Waals surface area contributed by atoms with Gasteiger partial charge in [-0.15, -0.1) is 0 Å². The van der Waals surface area contributed by atoms with Crippen LogP contribution in [0, 0.1) is 0 Å². The lowest BCUT2D eigenvalue weighted by Gasteiger charge is -2.24. The number of carboxylic acid groups (broad SMARTS) is 1. The molecule has 0 fully saturated rings. The summed E-state index contributed by atoms with van der Waals surface area (Å²) in [6, 6.07) is 27.8. The number of hydrogen-bond acceptors (Lipinski definition) is 5. The predicted molar refractivity (Wildman–Crippen MR) is 174 cm³/mol. The molecule has 0 spiro atoms. The summed E-state index contributed by atoms with van der Waals surface area (Å²) in [5.41, 5.74) is 7.39. The highest BCUT2D eigenvalue weighted by Crippen LogP contribution is 2.41. The first kappa shape index (κ1) is 30.8. The van der Waals surface area contributed by atoms with Gasteiger partial charge in [-0.1, -0.05) is 99.6 Å². The van der Waals surface area contributed by atoms with E-state index in [1.165, 1.54) is 5.56 Å². The summed E-state index contributed by atoms with van der Waals surface area (Å²) in [5, 5.41) is 14.0. The third-order valence-corrected chi connectivity index (χ3v) is 7.35. The fourth-order valence-corrected chi connectivity index (χ4v) is 5.25. The van der Waals surface area contributed by atoms with E-state index in [4.69, 9.17) is 13.9 Å². The van der Waals surface area contributed by atoms with Crippen LogP contribution in [-0.2, 0) is 26.3 Å². The molecule has 7 heteroatoms. The number of hydrogen-bond donors (Lipinski definition) is 2. The number of carboxylic acids is 1. The number of rotatable bonds is 8. The average molecular weight is 594 g/mol. The van der Waals surface area contributed by atoms with Gasteiger partial charge in [-0.3, -0.25) is 0 Å². The summed E-state index contributed by atoms with van der Waals surface area (Å²) >= 11 is 0. The Morgan fingerprint density at radius 1 is 0.818 bits per heavy atom. The van der Waals surface area contributed by atoms with Crippen molar-refractivity contribution in [2.45, 2.75) is 65.2 Å². The van der Waals surface area contributed by atoms with Crippen LogP contribution in [0.5, 0.6) is 0 Å². The zero-order valence-electron chi connectivity index (χ0n) is 26.1. The van der Waals surface area contributed by atoms with Gasteiger partial charge in [0.25, 0.3) is 0 Å². The molecule has 1 amide bonds. The minimum Gasteiger partial charge on any atom is -0.480 e. The summed E-state index contributed by atoms with van der Waals surface area (Å²) in [6.45, 7) is 11.8. The van der Waals surface area contributed by atoms with Gasteiger partial charge < -0.3 is 24.3 Å². The van der Waals surface area contributed by atoms with Crippen molar-refractivity contribution in [1.29, 1.82) is 0 Å². The summed E-state index contributed by atoms with van der Waals surface area (Å²) in [6.07, 6.45) is -0.798.